The number of aliphatic hydroxyl groups excluding tert-OH is 1. The van der Waals surface area contributed by atoms with Crippen molar-refractivity contribution in [3.8, 4) is 11.5 Å². The minimum Gasteiger partial charge on any atom is -0.507 e. The number of benzene rings is 1. The van der Waals surface area contributed by atoms with Gasteiger partial charge in [-0.25, -0.2) is 0 Å². The zero-order valence-electron chi connectivity index (χ0n) is 13.6. The van der Waals surface area contributed by atoms with Crippen molar-refractivity contribution in [2.45, 2.75) is 27.2 Å². The van der Waals surface area contributed by atoms with Crippen molar-refractivity contribution in [2.75, 3.05) is 32.2 Å². The number of nitrogens with one attached hydrogen (secondary N) is 1. The number of rotatable bonds is 9. The number of aromatic hydroxyl groups is 1. The Kier molecular flexibility index (Phi) is 12.7. The van der Waals surface area contributed by atoms with Gasteiger partial charge < -0.3 is 19.7 Å². The van der Waals surface area contributed by atoms with Gasteiger partial charge in [0.25, 0.3) is 0 Å². The molecule has 0 radical (unpaired) electrons. The summed E-state index contributed by atoms with van der Waals surface area (Å²) in [5.74, 6) is 1.44. The van der Waals surface area contributed by atoms with Crippen LogP contribution in [0, 0.1) is 5.41 Å². The molecule has 126 valence electrons. The first-order valence-corrected chi connectivity index (χ1v) is 8.53. The van der Waals surface area contributed by atoms with E-state index in [9.17, 15) is 5.11 Å². The van der Waals surface area contributed by atoms with Gasteiger partial charge in [-0.15, -0.1) is 11.8 Å². The van der Waals surface area contributed by atoms with Crippen molar-refractivity contribution in [3.05, 3.63) is 23.8 Å². The minimum absolute atomic E-state index is 0.00692. The zero-order valence-corrected chi connectivity index (χ0v) is 14.4. The van der Waals surface area contributed by atoms with Crippen LogP contribution in [0.2, 0.25) is 0 Å². The SMILES string of the molecule is CC.CCCSC(=N)c1ccc(OCCOCCO)cc1O. The molecule has 0 saturated carbocycles. The van der Waals surface area contributed by atoms with Gasteiger partial charge in [0, 0.05) is 11.6 Å². The third kappa shape index (κ3) is 8.26. The van der Waals surface area contributed by atoms with Gasteiger partial charge in [-0.1, -0.05) is 20.8 Å². The van der Waals surface area contributed by atoms with Crippen molar-refractivity contribution < 1.29 is 19.7 Å². The summed E-state index contributed by atoms with van der Waals surface area (Å²) in [4.78, 5) is 0. The highest BCUT2D eigenvalue weighted by Gasteiger charge is 2.09. The molecular weight excluding hydrogens is 302 g/mol. The van der Waals surface area contributed by atoms with Gasteiger partial charge in [0.2, 0.25) is 0 Å². The van der Waals surface area contributed by atoms with Crippen LogP contribution < -0.4 is 4.74 Å². The molecular formula is C16H27NO4S. The van der Waals surface area contributed by atoms with Crippen LogP contribution in [0.1, 0.15) is 32.8 Å². The van der Waals surface area contributed by atoms with Gasteiger partial charge in [-0.2, -0.15) is 0 Å². The van der Waals surface area contributed by atoms with E-state index in [0.717, 1.165) is 12.2 Å². The maximum atomic E-state index is 9.90. The average Bonchev–Trinajstić information content (AvgIpc) is 2.54. The Bertz CT molecular complexity index is 427. The fourth-order valence-corrected chi connectivity index (χ4v) is 2.20. The Morgan fingerprint density at radius 1 is 1.23 bits per heavy atom. The summed E-state index contributed by atoms with van der Waals surface area (Å²) in [5.41, 5.74) is 0.521. The summed E-state index contributed by atoms with van der Waals surface area (Å²) in [6, 6.07) is 4.91. The van der Waals surface area contributed by atoms with Crippen LogP contribution in [0.5, 0.6) is 11.5 Å². The molecule has 0 unspecified atom stereocenters. The fourth-order valence-electron chi connectivity index (χ4n) is 1.46. The first kappa shape index (κ1) is 20.8. The van der Waals surface area contributed by atoms with Gasteiger partial charge in [0.15, 0.2) is 0 Å². The zero-order chi connectivity index (χ0) is 16.8. The summed E-state index contributed by atoms with van der Waals surface area (Å²) in [6.45, 7) is 7.06. The molecule has 0 saturated heterocycles. The second kappa shape index (κ2) is 13.4. The van der Waals surface area contributed by atoms with Gasteiger partial charge in [-0.3, -0.25) is 5.41 Å². The molecule has 0 amide bonds. The topological polar surface area (TPSA) is 82.8 Å². The lowest BCUT2D eigenvalue weighted by atomic mass is 10.2. The maximum Gasteiger partial charge on any atom is 0.129 e. The summed E-state index contributed by atoms with van der Waals surface area (Å²) < 4.78 is 10.5. The van der Waals surface area contributed by atoms with Gasteiger partial charge in [0.05, 0.1) is 24.9 Å². The van der Waals surface area contributed by atoms with Crippen LogP contribution in [0.4, 0.5) is 0 Å². The van der Waals surface area contributed by atoms with E-state index >= 15 is 0 Å². The Morgan fingerprint density at radius 2 is 1.95 bits per heavy atom. The molecule has 5 nitrogen and oxygen atoms in total. The number of hydrogen-bond acceptors (Lipinski definition) is 6. The molecule has 0 bridgehead atoms. The molecule has 22 heavy (non-hydrogen) atoms. The number of phenols is 1. The normalized spacial score (nSPS) is 9.82. The van der Waals surface area contributed by atoms with Crippen LogP contribution in [0.25, 0.3) is 0 Å². The van der Waals surface area contributed by atoms with E-state index in [4.69, 9.17) is 20.0 Å². The second-order valence-electron chi connectivity index (χ2n) is 4.04. The molecule has 0 aliphatic rings. The van der Waals surface area contributed by atoms with E-state index in [0.29, 0.717) is 36.2 Å². The molecule has 3 N–H and O–H groups in total. The van der Waals surface area contributed by atoms with Crippen LogP contribution in [0.3, 0.4) is 0 Å². The number of hydrogen-bond donors (Lipinski definition) is 3. The van der Waals surface area contributed by atoms with E-state index in [2.05, 4.69) is 6.92 Å². The minimum atomic E-state index is -0.00692. The molecule has 0 spiro atoms. The second-order valence-corrected chi connectivity index (χ2v) is 5.15. The molecule has 1 aromatic carbocycles. The third-order valence-electron chi connectivity index (χ3n) is 2.40. The van der Waals surface area contributed by atoms with E-state index in [1.165, 1.54) is 17.8 Å². The Morgan fingerprint density at radius 3 is 2.55 bits per heavy atom. The van der Waals surface area contributed by atoms with Gasteiger partial charge in [0.1, 0.15) is 18.1 Å². The molecule has 0 aliphatic carbocycles. The fraction of sp³-hybridized carbons (Fsp3) is 0.562. The molecule has 1 rings (SSSR count). The number of aliphatic hydroxyl groups is 1. The quantitative estimate of drug-likeness (QED) is 0.368. The van der Waals surface area contributed by atoms with E-state index in [-0.39, 0.29) is 12.4 Å². The predicted molar refractivity (Wildman–Crippen MR) is 92.4 cm³/mol. The molecule has 0 atom stereocenters. The van der Waals surface area contributed by atoms with E-state index in [1.54, 1.807) is 12.1 Å². The Labute approximate surface area is 137 Å². The largest absolute Gasteiger partial charge is 0.507 e. The number of thioether (sulfide) groups is 1. The smallest absolute Gasteiger partial charge is 0.129 e. The summed E-state index contributed by atoms with van der Waals surface area (Å²) in [6.07, 6.45) is 0.989. The van der Waals surface area contributed by atoms with Crippen LogP contribution in [-0.4, -0.2) is 47.4 Å². The molecule has 0 fully saturated rings. The first-order valence-electron chi connectivity index (χ1n) is 7.55. The summed E-state index contributed by atoms with van der Waals surface area (Å²) in [7, 11) is 0. The standard InChI is InChI=1S/C14H21NO4S.C2H6/c1-2-9-20-14(15)12-4-3-11(10-13(12)17)19-8-7-18-6-5-16;1-2/h3-4,10,15-17H,2,5-9H2,1H3;1-2H3. The highest BCUT2D eigenvalue weighted by molar-refractivity contribution is 8.14. The molecule has 6 heteroatoms. The lowest BCUT2D eigenvalue weighted by Crippen LogP contribution is -2.09. The molecule has 0 aromatic heterocycles. The van der Waals surface area contributed by atoms with E-state index < -0.39 is 0 Å². The highest BCUT2D eigenvalue weighted by Crippen LogP contribution is 2.27. The monoisotopic (exact) mass is 329 g/mol. The van der Waals surface area contributed by atoms with Crippen LogP contribution >= 0.6 is 11.8 Å². The van der Waals surface area contributed by atoms with Crippen LogP contribution in [-0.2, 0) is 4.74 Å². The molecule has 1 aromatic rings. The summed E-state index contributed by atoms with van der Waals surface area (Å²) in [5, 5.41) is 26.7. The molecule has 0 heterocycles. The molecule has 0 aliphatic heterocycles. The van der Waals surface area contributed by atoms with Crippen molar-refractivity contribution >= 4 is 16.8 Å². The maximum absolute atomic E-state index is 9.90. The third-order valence-corrected chi connectivity index (χ3v) is 3.52. The van der Waals surface area contributed by atoms with Crippen molar-refractivity contribution in [3.63, 3.8) is 0 Å². The Balaban J connectivity index is 0.00000211. The van der Waals surface area contributed by atoms with Crippen molar-refractivity contribution in [1.29, 1.82) is 5.41 Å². The van der Waals surface area contributed by atoms with Crippen molar-refractivity contribution in [2.24, 2.45) is 0 Å². The average molecular weight is 329 g/mol. The lowest BCUT2D eigenvalue weighted by molar-refractivity contribution is 0.0705. The number of ether oxygens (including phenoxy) is 2. The first-order chi connectivity index (χ1) is 10.7. The van der Waals surface area contributed by atoms with E-state index in [1.807, 2.05) is 13.8 Å². The lowest BCUT2D eigenvalue weighted by Gasteiger charge is -2.10. The highest BCUT2D eigenvalue weighted by atomic mass is 32.2. The van der Waals surface area contributed by atoms with Crippen molar-refractivity contribution in [1.82, 2.24) is 0 Å². The summed E-state index contributed by atoms with van der Waals surface area (Å²) >= 11 is 1.42. The van der Waals surface area contributed by atoms with Gasteiger partial charge in [-0.05, 0) is 24.3 Å². The predicted octanol–water partition coefficient (Wildman–Crippen LogP) is 3.27. The van der Waals surface area contributed by atoms with Crippen LogP contribution in [0.15, 0.2) is 18.2 Å². The Hall–Kier alpha value is -1.24. The van der Waals surface area contributed by atoms with Gasteiger partial charge >= 0.3 is 0 Å². The number of phenolic OH excluding ortho intramolecular Hbond substituents is 1.